The predicted octanol–water partition coefficient (Wildman–Crippen LogP) is 3.17. The van der Waals surface area contributed by atoms with Gasteiger partial charge in [0.1, 0.15) is 5.82 Å². The summed E-state index contributed by atoms with van der Waals surface area (Å²) in [5.41, 5.74) is 7.32. The Morgan fingerprint density at radius 1 is 1.07 bits per heavy atom. The first kappa shape index (κ1) is 9.98. The van der Waals surface area contributed by atoms with Crippen molar-refractivity contribution in [3.8, 4) is 0 Å². The van der Waals surface area contributed by atoms with Gasteiger partial charge in [-0.15, -0.1) is 0 Å². The van der Waals surface area contributed by atoms with Crippen molar-refractivity contribution in [1.82, 2.24) is 4.98 Å². The van der Waals surface area contributed by atoms with Crippen LogP contribution in [0, 0.1) is 0 Å². The number of hydrogen-bond acceptors (Lipinski definition) is 3. The summed E-state index contributed by atoms with van der Waals surface area (Å²) in [7, 11) is 0. The summed E-state index contributed by atoms with van der Waals surface area (Å²) in [6.07, 6.45) is 1.75. The van der Waals surface area contributed by atoms with E-state index in [1.807, 2.05) is 36.4 Å². The van der Waals surface area contributed by atoms with Gasteiger partial charge < -0.3 is 11.1 Å². The molecule has 0 amide bonds. The second-order valence-corrected chi connectivity index (χ2v) is 4.02. The molecule has 1 aromatic carbocycles. The summed E-state index contributed by atoms with van der Waals surface area (Å²) in [5, 5.41) is 3.17. The lowest BCUT2D eigenvalue weighted by molar-refractivity contribution is 1.29. The van der Waals surface area contributed by atoms with Crippen LogP contribution in [0.3, 0.4) is 0 Å². The largest absolute Gasteiger partial charge is 0.399 e. The van der Waals surface area contributed by atoms with Crippen molar-refractivity contribution in [2.24, 2.45) is 0 Å². The molecule has 1 heterocycles. The van der Waals surface area contributed by atoms with Crippen LogP contribution in [0.5, 0.6) is 0 Å². The second-order valence-electron chi connectivity index (χ2n) is 3.11. The zero-order chi connectivity index (χ0) is 10.7. The molecule has 4 heteroatoms. The zero-order valence-corrected chi connectivity index (χ0v) is 9.53. The van der Waals surface area contributed by atoms with Gasteiger partial charge in [-0.1, -0.05) is 0 Å². The molecule has 3 N–H and O–H groups in total. The third kappa shape index (κ3) is 2.70. The Balaban J connectivity index is 2.15. The maximum atomic E-state index is 5.59. The minimum atomic E-state index is 0.754. The molecule has 0 aliphatic carbocycles. The summed E-state index contributed by atoms with van der Waals surface area (Å²) >= 11 is 3.33. The van der Waals surface area contributed by atoms with Gasteiger partial charge in [-0.25, -0.2) is 4.98 Å². The maximum Gasteiger partial charge on any atom is 0.130 e. The van der Waals surface area contributed by atoms with E-state index in [4.69, 9.17) is 5.73 Å². The van der Waals surface area contributed by atoms with E-state index in [0.29, 0.717) is 0 Å². The number of hydrogen-bond donors (Lipinski definition) is 2. The van der Waals surface area contributed by atoms with Gasteiger partial charge in [-0.2, -0.15) is 0 Å². The average Bonchev–Trinajstić information content (AvgIpc) is 2.25. The molecule has 0 saturated carbocycles. The SMILES string of the molecule is Nc1ccc(Nc2ccc(Br)cn2)cc1. The van der Waals surface area contributed by atoms with Crippen molar-refractivity contribution in [2.75, 3.05) is 11.1 Å². The minimum absolute atomic E-state index is 0.754. The summed E-state index contributed by atoms with van der Waals surface area (Å²) < 4.78 is 0.963. The molecule has 0 unspecified atom stereocenters. The van der Waals surface area contributed by atoms with E-state index in [-0.39, 0.29) is 0 Å². The summed E-state index contributed by atoms with van der Waals surface area (Å²) in [6.45, 7) is 0. The molecule has 0 aliphatic rings. The standard InChI is InChI=1S/C11H10BrN3/c12-8-1-6-11(14-7-8)15-10-4-2-9(13)3-5-10/h1-7H,13H2,(H,14,15). The van der Waals surface area contributed by atoms with E-state index < -0.39 is 0 Å². The molecule has 76 valence electrons. The molecule has 0 aliphatic heterocycles. The lowest BCUT2D eigenvalue weighted by atomic mass is 10.3. The molecule has 1 aromatic heterocycles. The van der Waals surface area contributed by atoms with Gasteiger partial charge in [-0.3, -0.25) is 0 Å². The van der Waals surface area contributed by atoms with Crippen molar-refractivity contribution in [1.29, 1.82) is 0 Å². The Labute approximate surface area is 96.5 Å². The van der Waals surface area contributed by atoms with E-state index in [1.165, 1.54) is 0 Å². The number of nitrogens with zero attached hydrogens (tertiary/aromatic N) is 1. The first-order valence-corrected chi connectivity index (χ1v) is 5.27. The van der Waals surface area contributed by atoms with Gasteiger partial charge in [0.25, 0.3) is 0 Å². The number of aromatic nitrogens is 1. The van der Waals surface area contributed by atoms with Crippen molar-refractivity contribution >= 4 is 33.1 Å². The fourth-order valence-electron chi connectivity index (χ4n) is 1.16. The number of nitrogen functional groups attached to an aromatic ring is 1. The van der Waals surface area contributed by atoms with Crippen LogP contribution in [-0.2, 0) is 0 Å². The normalized spacial score (nSPS) is 9.93. The first-order chi connectivity index (χ1) is 7.24. The van der Waals surface area contributed by atoms with E-state index in [1.54, 1.807) is 6.20 Å². The Morgan fingerprint density at radius 2 is 1.80 bits per heavy atom. The van der Waals surface area contributed by atoms with Crippen molar-refractivity contribution in [3.05, 3.63) is 47.1 Å². The summed E-state index contributed by atoms with van der Waals surface area (Å²) in [6, 6.07) is 11.4. The smallest absolute Gasteiger partial charge is 0.130 e. The highest BCUT2D eigenvalue weighted by atomic mass is 79.9. The Kier molecular flexibility index (Phi) is 2.87. The van der Waals surface area contributed by atoms with Crippen LogP contribution in [-0.4, -0.2) is 4.98 Å². The van der Waals surface area contributed by atoms with Crippen LogP contribution in [0.4, 0.5) is 17.2 Å². The van der Waals surface area contributed by atoms with Gasteiger partial charge in [0.2, 0.25) is 0 Å². The third-order valence-electron chi connectivity index (χ3n) is 1.91. The molecule has 3 nitrogen and oxygen atoms in total. The van der Waals surface area contributed by atoms with E-state index >= 15 is 0 Å². The molecule has 0 bridgehead atoms. The highest BCUT2D eigenvalue weighted by Gasteiger charge is 1.95. The zero-order valence-electron chi connectivity index (χ0n) is 7.94. The van der Waals surface area contributed by atoms with Gasteiger partial charge in [-0.05, 0) is 52.3 Å². The highest BCUT2D eigenvalue weighted by molar-refractivity contribution is 9.10. The molecule has 2 rings (SSSR count). The lowest BCUT2D eigenvalue weighted by Gasteiger charge is -2.05. The van der Waals surface area contributed by atoms with Crippen LogP contribution >= 0.6 is 15.9 Å². The first-order valence-electron chi connectivity index (χ1n) is 4.48. The number of benzene rings is 1. The maximum absolute atomic E-state index is 5.59. The molecule has 0 radical (unpaired) electrons. The monoisotopic (exact) mass is 263 g/mol. The minimum Gasteiger partial charge on any atom is -0.399 e. The van der Waals surface area contributed by atoms with Crippen LogP contribution < -0.4 is 11.1 Å². The number of halogens is 1. The van der Waals surface area contributed by atoms with Gasteiger partial charge in [0.05, 0.1) is 0 Å². The van der Waals surface area contributed by atoms with Crippen LogP contribution in [0.2, 0.25) is 0 Å². The molecular formula is C11H10BrN3. The van der Waals surface area contributed by atoms with Crippen LogP contribution in [0.15, 0.2) is 47.1 Å². The predicted molar refractivity (Wildman–Crippen MR) is 66.1 cm³/mol. The molecule has 2 aromatic rings. The quantitative estimate of drug-likeness (QED) is 0.819. The van der Waals surface area contributed by atoms with E-state index in [9.17, 15) is 0 Å². The molecule has 0 saturated heterocycles. The number of pyridine rings is 1. The summed E-state index contributed by atoms with van der Waals surface area (Å²) in [5.74, 6) is 0.808. The molecule has 15 heavy (non-hydrogen) atoms. The number of anilines is 3. The Morgan fingerprint density at radius 3 is 2.40 bits per heavy atom. The van der Waals surface area contributed by atoms with Crippen molar-refractivity contribution in [2.45, 2.75) is 0 Å². The third-order valence-corrected chi connectivity index (χ3v) is 2.38. The van der Waals surface area contributed by atoms with E-state index in [0.717, 1.165) is 21.7 Å². The molecule has 0 atom stereocenters. The van der Waals surface area contributed by atoms with Gasteiger partial charge in [0, 0.05) is 22.0 Å². The lowest BCUT2D eigenvalue weighted by Crippen LogP contribution is -1.93. The molecule has 0 fully saturated rings. The van der Waals surface area contributed by atoms with Crippen molar-refractivity contribution < 1.29 is 0 Å². The van der Waals surface area contributed by atoms with Gasteiger partial charge in [0.15, 0.2) is 0 Å². The van der Waals surface area contributed by atoms with Crippen LogP contribution in [0.1, 0.15) is 0 Å². The average molecular weight is 264 g/mol. The topological polar surface area (TPSA) is 50.9 Å². The Hall–Kier alpha value is -1.55. The van der Waals surface area contributed by atoms with Crippen LogP contribution in [0.25, 0.3) is 0 Å². The molecule has 0 spiro atoms. The summed E-state index contributed by atoms with van der Waals surface area (Å²) in [4.78, 5) is 4.21. The second kappa shape index (κ2) is 4.31. The fraction of sp³-hybridized carbons (Fsp3) is 0. The Bertz CT molecular complexity index is 393. The van der Waals surface area contributed by atoms with Gasteiger partial charge >= 0.3 is 0 Å². The fourth-order valence-corrected chi connectivity index (χ4v) is 1.40. The van der Waals surface area contributed by atoms with Crippen molar-refractivity contribution in [3.63, 3.8) is 0 Å². The number of nitrogens with one attached hydrogen (secondary N) is 1. The number of rotatable bonds is 2. The van der Waals surface area contributed by atoms with E-state index in [2.05, 4.69) is 26.2 Å². The molecular weight excluding hydrogens is 254 g/mol. The highest BCUT2D eigenvalue weighted by Crippen LogP contribution is 2.17. The number of nitrogens with two attached hydrogens (primary N) is 1.